The first-order valence-corrected chi connectivity index (χ1v) is 6.17. The molecule has 0 unspecified atom stereocenters. The fourth-order valence-electron chi connectivity index (χ4n) is 1.85. The van der Waals surface area contributed by atoms with Crippen molar-refractivity contribution in [3.63, 3.8) is 0 Å². The Morgan fingerprint density at radius 2 is 1.76 bits per heavy atom. The molecular weight excluding hydrogens is 274 g/mol. The highest BCUT2D eigenvalue weighted by molar-refractivity contribution is 5.65. The average Bonchev–Trinajstić information content (AvgIpc) is 2.52. The molecule has 0 spiro atoms. The second-order valence-corrected chi connectivity index (χ2v) is 4.25. The molecule has 1 aromatic carbocycles. The molecule has 2 heterocycles. The number of aromatic nitrogens is 3. The number of rotatable bonds is 3. The Morgan fingerprint density at radius 3 is 2.48 bits per heavy atom. The quantitative estimate of drug-likeness (QED) is 0.799. The van der Waals surface area contributed by atoms with E-state index in [9.17, 15) is 8.78 Å². The van der Waals surface area contributed by atoms with E-state index in [1.165, 1.54) is 18.3 Å². The van der Waals surface area contributed by atoms with Gasteiger partial charge in [0.05, 0.1) is 6.20 Å². The zero-order valence-corrected chi connectivity index (χ0v) is 10.8. The van der Waals surface area contributed by atoms with Crippen molar-refractivity contribution in [3.8, 4) is 11.1 Å². The van der Waals surface area contributed by atoms with Gasteiger partial charge in [-0.15, -0.1) is 0 Å². The van der Waals surface area contributed by atoms with E-state index in [1.807, 2.05) is 0 Å². The van der Waals surface area contributed by atoms with Crippen LogP contribution in [0.15, 0.2) is 55.1 Å². The Bertz CT molecular complexity index is 745. The fourth-order valence-corrected chi connectivity index (χ4v) is 1.85. The molecule has 0 aliphatic heterocycles. The molecule has 0 radical (unpaired) electrons. The lowest BCUT2D eigenvalue weighted by atomic mass is 10.1. The predicted octanol–water partition coefficient (Wildman–Crippen LogP) is 3.56. The highest BCUT2D eigenvalue weighted by atomic mass is 19.2. The highest BCUT2D eigenvalue weighted by Gasteiger charge is 2.09. The Balaban J connectivity index is 1.86. The van der Waals surface area contributed by atoms with E-state index in [-0.39, 0.29) is 5.56 Å². The zero-order chi connectivity index (χ0) is 14.7. The van der Waals surface area contributed by atoms with Gasteiger partial charge in [0.15, 0.2) is 11.6 Å². The molecule has 0 fully saturated rings. The molecule has 0 bridgehead atoms. The van der Waals surface area contributed by atoms with Crippen LogP contribution >= 0.6 is 0 Å². The minimum Gasteiger partial charge on any atom is -0.324 e. The van der Waals surface area contributed by atoms with Crippen molar-refractivity contribution in [1.82, 2.24) is 15.0 Å². The number of benzene rings is 1. The SMILES string of the molecule is Fc1cccc(-c2ccc(Nc3cnccn3)nc2)c1F. The monoisotopic (exact) mass is 284 g/mol. The van der Waals surface area contributed by atoms with Gasteiger partial charge >= 0.3 is 0 Å². The van der Waals surface area contributed by atoms with Crippen LogP contribution in [0.4, 0.5) is 20.4 Å². The number of halogens is 2. The maximum absolute atomic E-state index is 13.7. The predicted molar refractivity (Wildman–Crippen MR) is 74.9 cm³/mol. The summed E-state index contributed by atoms with van der Waals surface area (Å²) in [5.74, 6) is -0.672. The van der Waals surface area contributed by atoms with Gasteiger partial charge in [0, 0.05) is 29.7 Å². The maximum atomic E-state index is 13.7. The molecule has 0 saturated carbocycles. The van der Waals surface area contributed by atoms with E-state index >= 15 is 0 Å². The van der Waals surface area contributed by atoms with Crippen LogP contribution in [0.3, 0.4) is 0 Å². The summed E-state index contributed by atoms with van der Waals surface area (Å²) in [6.45, 7) is 0. The lowest BCUT2D eigenvalue weighted by molar-refractivity contribution is 0.511. The Kier molecular flexibility index (Phi) is 3.51. The van der Waals surface area contributed by atoms with Gasteiger partial charge < -0.3 is 5.32 Å². The van der Waals surface area contributed by atoms with Crippen LogP contribution in [0.2, 0.25) is 0 Å². The maximum Gasteiger partial charge on any atom is 0.166 e. The van der Waals surface area contributed by atoms with Gasteiger partial charge in [0.1, 0.15) is 11.6 Å². The average molecular weight is 284 g/mol. The van der Waals surface area contributed by atoms with Crippen molar-refractivity contribution in [2.75, 3.05) is 5.32 Å². The van der Waals surface area contributed by atoms with Crippen LogP contribution in [-0.4, -0.2) is 15.0 Å². The lowest BCUT2D eigenvalue weighted by Gasteiger charge is -2.06. The van der Waals surface area contributed by atoms with Gasteiger partial charge in [-0.05, 0) is 18.2 Å². The van der Waals surface area contributed by atoms with Crippen LogP contribution in [0.5, 0.6) is 0 Å². The van der Waals surface area contributed by atoms with Crippen molar-refractivity contribution < 1.29 is 8.78 Å². The molecule has 6 heteroatoms. The number of pyridine rings is 1. The first-order valence-electron chi connectivity index (χ1n) is 6.17. The summed E-state index contributed by atoms with van der Waals surface area (Å²) in [7, 11) is 0. The molecule has 0 saturated heterocycles. The Hall–Kier alpha value is -2.89. The molecule has 21 heavy (non-hydrogen) atoms. The lowest BCUT2D eigenvalue weighted by Crippen LogP contribution is -1.96. The van der Waals surface area contributed by atoms with E-state index in [4.69, 9.17) is 0 Å². The van der Waals surface area contributed by atoms with Gasteiger partial charge in [0.2, 0.25) is 0 Å². The molecule has 2 aromatic heterocycles. The summed E-state index contributed by atoms with van der Waals surface area (Å²) in [4.78, 5) is 12.1. The summed E-state index contributed by atoms with van der Waals surface area (Å²) in [5.41, 5.74) is 0.672. The second kappa shape index (κ2) is 5.62. The van der Waals surface area contributed by atoms with E-state index in [0.717, 1.165) is 6.07 Å². The summed E-state index contributed by atoms with van der Waals surface area (Å²) >= 11 is 0. The Labute approximate surface area is 119 Å². The minimum absolute atomic E-state index is 0.175. The van der Waals surface area contributed by atoms with Crippen molar-refractivity contribution in [1.29, 1.82) is 0 Å². The standard InChI is InChI=1S/C15H10F2N4/c16-12-3-1-2-11(15(12)17)10-4-5-13(20-8-10)21-14-9-18-6-7-19-14/h1-9H,(H,19,20,21). The molecule has 0 amide bonds. The van der Waals surface area contributed by atoms with Gasteiger partial charge in [0.25, 0.3) is 0 Å². The van der Waals surface area contributed by atoms with E-state index in [1.54, 1.807) is 30.7 Å². The topological polar surface area (TPSA) is 50.7 Å². The second-order valence-electron chi connectivity index (χ2n) is 4.25. The van der Waals surface area contributed by atoms with Crippen molar-refractivity contribution in [2.45, 2.75) is 0 Å². The number of hydrogen-bond acceptors (Lipinski definition) is 4. The first kappa shape index (κ1) is 13.1. The highest BCUT2D eigenvalue weighted by Crippen LogP contribution is 2.24. The smallest absolute Gasteiger partial charge is 0.166 e. The summed E-state index contributed by atoms with van der Waals surface area (Å²) in [6.07, 6.45) is 6.14. The first-order chi connectivity index (χ1) is 10.2. The molecule has 4 nitrogen and oxygen atoms in total. The molecule has 3 aromatic rings. The largest absolute Gasteiger partial charge is 0.324 e. The molecule has 3 rings (SSSR count). The fraction of sp³-hybridized carbons (Fsp3) is 0. The third kappa shape index (κ3) is 2.84. The molecule has 0 aliphatic rings. The third-order valence-corrected chi connectivity index (χ3v) is 2.85. The van der Waals surface area contributed by atoms with Crippen LogP contribution in [0, 0.1) is 11.6 Å². The van der Waals surface area contributed by atoms with Crippen LogP contribution in [0.25, 0.3) is 11.1 Å². The van der Waals surface area contributed by atoms with Crippen molar-refractivity contribution in [2.24, 2.45) is 0 Å². The molecule has 0 aliphatic carbocycles. The summed E-state index contributed by atoms with van der Waals surface area (Å²) in [6, 6.07) is 7.36. The van der Waals surface area contributed by atoms with Gasteiger partial charge in [-0.1, -0.05) is 12.1 Å². The number of nitrogens with one attached hydrogen (secondary N) is 1. The number of nitrogens with zero attached hydrogens (tertiary/aromatic N) is 3. The van der Waals surface area contributed by atoms with E-state index < -0.39 is 11.6 Å². The molecule has 0 atom stereocenters. The Morgan fingerprint density at radius 1 is 0.857 bits per heavy atom. The minimum atomic E-state index is -0.881. The van der Waals surface area contributed by atoms with Crippen LogP contribution in [0.1, 0.15) is 0 Å². The third-order valence-electron chi connectivity index (χ3n) is 2.85. The van der Waals surface area contributed by atoms with Gasteiger partial charge in [-0.3, -0.25) is 4.98 Å². The number of hydrogen-bond donors (Lipinski definition) is 1. The van der Waals surface area contributed by atoms with Crippen LogP contribution < -0.4 is 5.32 Å². The van der Waals surface area contributed by atoms with E-state index in [0.29, 0.717) is 17.2 Å². The van der Waals surface area contributed by atoms with E-state index in [2.05, 4.69) is 20.3 Å². The summed E-state index contributed by atoms with van der Waals surface area (Å²) < 4.78 is 26.9. The van der Waals surface area contributed by atoms with Gasteiger partial charge in [-0.2, -0.15) is 0 Å². The molecule has 104 valence electrons. The van der Waals surface area contributed by atoms with Crippen molar-refractivity contribution >= 4 is 11.6 Å². The number of anilines is 2. The molecule has 1 N–H and O–H groups in total. The van der Waals surface area contributed by atoms with Crippen molar-refractivity contribution in [3.05, 3.63) is 66.8 Å². The van der Waals surface area contributed by atoms with Gasteiger partial charge in [-0.25, -0.2) is 18.7 Å². The normalized spacial score (nSPS) is 10.4. The molecular formula is C15H10F2N4. The summed E-state index contributed by atoms with van der Waals surface area (Å²) in [5, 5.41) is 2.96. The van der Waals surface area contributed by atoms with Crippen LogP contribution in [-0.2, 0) is 0 Å². The zero-order valence-electron chi connectivity index (χ0n) is 10.8.